The zero-order valence-corrected chi connectivity index (χ0v) is 18.6. The van der Waals surface area contributed by atoms with Crippen LogP contribution >= 0.6 is 11.8 Å². The Balaban J connectivity index is 1.48. The average molecular weight is 443 g/mol. The van der Waals surface area contributed by atoms with Crippen LogP contribution in [0.5, 0.6) is 17.2 Å². The van der Waals surface area contributed by atoms with Gasteiger partial charge in [-0.15, -0.1) is 0 Å². The number of rotatable bonds is 11. The van der Waals surface area contributed by atoms with Crippen LogP contribution in [-0.4, -0.2) is 48.6 Å². The van der Waals surface area contributed by atoms with Gasteiger partial charge in [0.15, 0.2) is 11.5 Å². The van der Waals surface area contributed by atoms with Gasteiger partial charge in [-0.3, -0.25) is 14.8 Å². The number of anilines is 1. The van der Waals surface area contributed by atoms with E-state index in [0.717, 1.165) is 22.8 Å². The quantitative estimate of drug-likeness (QED) is 0.437. The summed E-state index contributed by atoms with van der Waals surface area (Å²) in [6, 6.07) is 9.40. The number of ether oxygens (including phenoxy) is 3. The Labute approximate surface area is 185 Å². The first kappa shape index (κ1) is 22.5. The van der Waals surface area contributed by atoms with E-state index in [-0.39, 0.29) is 5.56 Å². The molecule has 0 spiro atoms. The SMILES string of the molecule is COc1ccc(Cc2cnc(NCCSCc3nccc(OC)c3OC)[nH]c2=O)cc1. The van der Waals surface area contributed by atoms with Gasteiger partial charge in [0.2, 0.25) is 5.95 Å². The summed E-state index contributed by atoms with van der Waals surface area (Å²) in [5, 5.41) is 3.15. The average Bonchev–Trinajstić information content (AvgIpc) is 2.80. The number of aromatic nitrogens is 3. The second-order valence-corrected chi connectivity index (χ2v) is 7.69. The first-order valence-corrected chi connectivity index (χ1v) is 10.9. The lowest BCUT2D eigenvalue weighted by Crippen LogP contribution is -2.18. The third-order valence-electron chi connectivity index (χ3n) is 4.57. The van der Waals surface area contributed by atoms with Crippen molar-refractivity contribution in [1.29, 1.82) is 0 Å². The van der Waals surface area contributed by atoms with E-state index in [2.05, 4.69) is 20.3 Å². The Kier molecular flexibility index (Phi) is 8.17. The van der Waals surface area contributed by atoms with Crippen LogP contribution in [0.3, 0.4) is 0 Å². The third-order valence-corrected chi connectivity index (χ3v) is 5.54. The number of aromatic amines is 1. The fourth-order valence-corrected chi connectivity index (χ4v) is 3.75. The van der Waals surface area contributed by atoms with E-state index >= 15 is 0 Å². The Bertz CT molecular complexity index is 1040. The molecule has 164 valence electrons. The number of methoxy groups -OCH3 is 3. The van der Waals surface area contributed by atoms with E-state index in [9.17, 15) is 4.79 Å². The van der Waals surface area contributed by atoms with Crippen LogP contribution in [0, 0.1) is 0 Å². The van der Waals surface area contributed by atoms with Gasteiger partial charge in [0.05, 0.1) is 27.0 Å². The molecule has 2 heterocycles. The highest BCUT2D eigenvalue weighted by atomic mass is 32.2. The van der Waals surface area contributed by atoms with Crippen molar-refractivity contribution in [1.82, 2.24) is 15.0 Å². The number of hydrogen-bond donors (Lipinski definition) is 2. The Morgan fingerprint density at radius 3 is 2.52 bits per heavy atom. The molecule has 0 fully saturated rings. The van der Waals surface area contributed by atoms with Gasteiger partial charge in [0.1, 0.15) is 5.75 Å². The lowest BCUT2D eigenvalue weighted by atomic mass is 10.1. The second-order valence-electron chi connectivity index (χ2n) is 6.58. The van der Waals surface area contributed by atoms with E-state index < -0.39 is 0 Å². The van der Waals surface area contributed by atoms with Crippen LogP contribution in [0.15, 0.2) is 47.5 Å². The largest absolute Gasteiger partial charge is 0.497 e. The summed E-state index contributed by atoms with van der Waals surface area (Å²) < 4.78 is 15.9. The Morgan fingerprint density at radius 2 is 1.84 bits per heavy atom. The minimum Gasteiger partial charge on any atom is -0.497 e. The fourth-order valence-electron chi connectivity index (χ4n) is 2.96. The number of hydrogen-bond acceptors (Lipinski definition) is 8. The molecule has 31 heavy (non-hydrogen) atoms. The lowest BCUT2D eigenvalue weighted by Gasteiger charge is -2.11. The van der Waals surface area contributed by atoms with Gasteiger partial charge in [-0.2, -0.15) is 11.8 Å². The van der Waals surface area contributed by atoms with Gasteiger partial charge in [-0.1, -0.05) is 12.1 Å². The van der Waals surface area contributed by atoms with Crippen molar-refractivity contribution in [2.24, 2.45) is 0 Å². The van der Waals surface area contributed by atoms with Crippen molar-refractivity contribution in [2.45, 2.75) is 12.2 Å². The van der Waals surface area contributed by atoms with E-state index in [0.29, 0.717) is 41.7 Å². The summed E-state index contributed by atoms with van der Waals surface area (Å²) in [4.78, 5) is 23.9. The molecular formula is C22H26N4O4S. The van der Waals surface area contributed by atoms with E-state index in [1.165, 1.54) is 0 Å². The van der Waals surface area contributed by atoms with E-state index in [1.54, 1.807) is 51.6 Å². The smallest absolute Gasteiger partial charge is 0.255 e. The monoisotopic (exact) mass is 442 g/mol. The Morgan fingerprint density at radius 1 is 1.03 bits per heavy atom. The van der Waals surface area contributed by atoms with Gasteiger partial charge >= 0.3 is 0 Å². The molecule has 0 radical (unpaired) electrons. The van der Waals surface area contributed by atoms with Crippen LogP contribution in [0.1, 0.15) is 16.8 Å². The standard InChI is InChI=1S/C22H26N4O4S/c1-28-17-6-4-15(5-7-17)12-16-13-25-22(26-21(16)27)24-10-11-31-14-18-20(30-3)19(29-2)8-9-23-18/h4-9,13H,10-12,14H2,1-3H3,(H2,24,25,26,27). The third kappa shape index (κ3) is 6.14. The van der Waals surface area contributed by atoms with Gasteiger partial charge < -0.3 is 19.5 Å². The van der Waals surface area contributed by atoms with Crippen LogP contribution in [0.2, 0.25) is 0 Å². The number of pyridine rings is 1. The molecule has 0 saturated heterocycles. The molecule has 0 aliphatic carbocycles. The summed E-state index contributed by atoms with van der Waals surface area (Å²) >= 11 is 1.70. The molecule has 0 amide bonds. The first-order valence-electron chi connectivity index (χ1n) is 9.73. The summed E-state index contributed by atoms with van der Waals surface area (Å²) in [7, 11) is 4.84. The van der Waals surface area contributed by atoms with Crippen molar-refractivity contribution in [2.75, 3.05) is 38.9 Å². The molecule has 1 aromatic carbocycles. The van der Waals surface area contributed by atoms with Crippen molar-refractivity contribution in [3.8, 4) is 17.2 Å². The fraction of sp³-hybridized carbons (Fsp3) is 0.318. The molecular weight excluding hydrogens is 416 g/mol. The molecule has 3 rings (SSSR count). The molecule has 8 nitrogen and oxygen atoms in total. The van der Waals surface area contributed by atoms with Gasteiger partial charge in [-0.25, -0.2) is 4.98 Å². The predicted octanol–water partition coefficient (Wildman–Crippen LogP) is 3.13. The lowest BCUT2D eigenvalue weighted by molar-refractivity contribution is 0.350. The molecule has 0 bridgehead atoms. The topological polar surface area (TPSA) is 98.4 Å². The van der Waals surface area contributed by atoms with Crippen LogP contribution in [0.4, 0.5) is 5.95 Å². The van der Waals surface area contributed by atoms with Crippen molar-refractivity contribution in [3.63, 3.8) is 0 Å². The molecule has 0 aliphatic rings. The molecule has 0 unspecified atom stereocenters. The van der Waals surface area contributed by atoms with Crippen molar-refractivity contribution < 1.29 is 14.2 Å². The Hall–Kier alpha value is -3.20. The maximum atomic E-state index is 12.4. The zero-order valence-electron chi connectivity index (χ0n) is 17.8. The van der Waals surface area contributed by atoms with Gasteiger partial charge in [0.25, 0.3) is 5.56 Å². The number of nitrogens with zero attached hydrogens (tertiary/aromatic N) is 2. The number of nitrogens with one attached hydrogen (secondary N) is 2. The zero-order chi connectivity index (χ0) is 22.1. The van der Waals surface area contributed by atoms with Gasteiger partial charge in [-0.05, 0) is 17.7 Å². The summed E-state index contributed by atoms with van der Waals surface area (Å²) in [6.45, 7) is 0.651. The van der Waals surface area contributed by atoms with Crippen LogP contribution in [-0.2, 0) is 12.2 Å². The maximum Gasteiger partial charge on any atom is 0.255 e. The highest BCUT2D eigenvalue weighted by Gasteiger charge is 2.11. The molecule has 0 atom stereocenters. The van der Waals surface area contributed by atoms with E-state index in [1.807, 2.05) is 24.3 Å². The molecule has 3 aromatic rings. The van der Waals surface area contributed by atoms with Crippen LogP contribution < -0.4 is 25.1 Å². The number of thioether (sulfide) groups is 1. The summed E-state index contributed by atoms with van der Waals surface area (Å²) in [5.41, 5.74) is 2.32. The summed E-state index contributed by atoms with van der Waals surface area (Å²) in [5.74, 6) is 4.06. The second kappa shape index (κ2) is 11.3. The molecule has 2 aromatic heterocycles. The van der Waals surface area contributed by atoms with Gasteiger partial charge in [0, 0.05) is 48.5 Å². The van der Waals surface area contributed by atoms with E-state index in [4.69, 9.17) is 14.2 Å². The first-order chi connectivity index (χ1) is 15.1. The van der Waals surface area contributed by atoms with Crippen molar-refractivity contribution in [3.05, 3.63) is 69.9 Å². The maximum absolute atomic E-state index is 12.4. The minimum absolute atomic E-state index is 0.147. The number of H-pyrrole nitrogens is 1. The molecule has 2 N–H and O–H groups in total. The normalized spacial score (nSPS) is 10.5. The molecule has 9 heteroatoms. The molecule has 0 saturated carbocycles. The predicted molar refractivity (Wildman–Crippen MR) is 123 cm³/mol. The highest BCUT2D eigenvalue weighted by molar-refractivity contribution is 7.98. The van der Waals surface area contributed by atoms with Crippen molar-refractivity contribution >= 4 is 17.7 Å². The highest BCUT2D eigenvalue weighted by Crippen LogP contribution is 2.31. The molecule has 0 aliphatic heterocycles. The minimum atomic E-state index is -0.147. The number of benzene rings is 1. The summed E-state index contributed by atoms with van der Waals surface area (Å²) in [6.07, 6.45) is 3.83. The van der Waals surface area contributed by atoms with Crippen LogP contribution in [0.25, 0.3) is 0 Å².